The van der Waals surface area contributed by atoms with Gasteiger partial charge in [-0.1, -0.05) is 57.6 Å². The zero-order valence-electron chi connectivity index (χ0n) is 13.0. The van der Waals surface area contributed by atoms with E-state index in [1.807, 2.05) is 24.3 Å². The minimum absolute atomic E-state index is 0.143. The van der Waals surface area contributed by atoms with E-state index in [2.05, 4.69) is 6.92 Å². The van der Waals surface area contributed by atoms with Crippen LogP contribution >= 0.6 is 0 Å². The number of fused-ring (bicyclic) bond motifs is 1. The molecule has 1 heterocycles. The molecule has 0 bridgehead atoms. The molecule has 21 heavy (non-hydrogen) atoms. The van der Waals surface area contributed by atoms with E-state index in [9.17, 15) is 10.3 Å². The van der Waals surface area contributed by atoms with Crippen molar-refractivity contribution < 1.29 is 10.2 Å². The van der Waals surface area contributed by atoms with Crippen LogP contribution in [-0.2, 0) is 0 Å². The van der Waals surface area contributed by atoms with E-state index >= 15 is 0 Å². The van der Waals surface area contributed by atoms with Crippen molar-refractivity contribution in [3.05, 3.63) is 41.1 Å². The number of para-hydroxylation sites is 1. The smallest absolute Gasteiger partial charge is 0.142 e. The second-order valence-electron chi connectivity index (χ2n) is 5.98. The molecule has 1 aliphatic rings. The summed E-state index contributed by atoms with van der Waals surface area (Å²) in [4.78, 5) is 0. The van der Waals surface area contributed by atoms with Crippen molar-refractivity contribution in [1.82, 2.24) is 0 Å². The second-order valence-corrected chi connectivity index (χ2v) is 5.98. The van der Waals surface area contributed by atoms with Crippen molar-refractivity contribution in [3.8, 4) is 0 Å². The molecule has 2 atom stereocenters. The summed E-state index contributed by atoms with van der Waals surface area (Å²) in [7, 11) is 0. The van der Waals surface area contributed by atoms with E-state index < -0.39 is 0 Å². The molecule has 1 aromatic rings. The van der Waals surface area contributed by atoms with Crippen LogP contribution in [0.1, 0.15) is 63.9 Å². The summed E-state index contributed by atoms with van der Waals surface area (Å²) in [6, 6.07) is 7.20. The lowest BCUT2D eigenvalue weighted by atomic mass is 9.98. The van der Waals surface area contributed by atoms with Crippen LogP contribution in [0, 0.1) is 5.21 Å². The molecule has 2 N–H and O–H groups in total. The van der Waals surface area contributed by atoms with Gasteiger partial charge >= 0.3 is 0 Å². The van der Waals surface area contributed by atoms with E-state index in [4.69, 9.17) is 0 Å². The second kappa shape index (κ2) is 8.20. The summed E-state index contributed by atoms with van der Waals surface area (Å²) in [6.45, 7) is 2.23. The average Bonchev–Trinajstić information content (AvgIpc) is 2.51. The molecule has 1 aromatic carbocycles. The van der Waals surface area contributed by atoms with Crippen molar-refractivity contribution in [1.29, 1.82) is 0 Å². The lowest BCUT2D eigenvalue weighted by Gasteiger charge is -2.33. The van der Waals surface area contributed by atoms with Gasteiger partial charge < -0.3 is 15.4 Å². The maximum Gasteiger partial charge on any atom is 0.142 e. The third kappa shape index (κ3) is 4.32. The maximum absolute atomic E-state index is 12.4. The molecule has 3 nitrogen and oxygen atoms in total. The lowest BCUT2D eigenvalue weighted by molar-refractivity contribution is -0.800. The van der Waals surface area contributed by atoms with Crippen molar-refractivity contribution in [3.63, 3.8) is 0 Å². The topological polar surface area (TPSA) is 47.7 Å². The third-order valence-corrected chi connectivity index (χ3v) is 4.28. The molecule has 0 spiro atoms. The molecule has 0 radical (unpaired) electrons. The Morgan fingerprint density at radius 3 is 2.48 bits per heavy atom. The Bertz CT molecular complexity index is 470. The molecule has 0 aliphatic carbocycles. The number of unbranched alkanes of at least 4 members (excludes halogenated alkanes) is 6. The maximum atomic E-state index is 12.4. The third-order valence-electron chi connectivity index (χ3n) is 4.28. The van der Waals surface area contributed by atoms with Gasteiger partial charge in [0.1, 0.15) is 17.5 Å². The van der Waals surface area contributed by atoms with Crippen LogP contribution in [0.2, 0.25) is 0 Å². The molecule has 0 amide bonds. The molecule has 0 saturated heterocycles. The van der Waals surface area contributed by atoms with E-state index in [0.717, 1.165) is 12.8 Å². The minimum atomic E-state index is -0.143. The zero-order valence-corrected chi connectivity index (χ0v) is 13.0. The van der Waals surface area contributed by atoms with Crippen LogP contribution in [0.15, 0.2) is 30.3 Å². The summed E-state index contributed by atoms with van der Waals surface area (Å²) in [6.07, 6.45) is 11.3. The Balaban J connectivity index is 1.79. The standard InChI is InChI=1S/C18H27NO2/c1-2-3-4-5-6-7-8-11-15-14-18(20)16-12-9-10-13-17(16)19(15)21/h9-10,12-15,19-20H,2-8,11H2,1H3. The Morgan fingerprint density at radius 1 is 1.05 bits per heavy atom. The van der Waals surface area contributed by atoms with Gasteiger partial charge in [0.2, 0.25) is 0 Å². The van der Waals surface area contributed by atoms with E-state index in [-0.39, 0.29) is 16.9 Å². The van der Waals surface area contributed by atoms with Crippen molar-refractivity contribution >= 4 is 11.4 Å². The molecule has 0 aromatic heterocycles. The van der Waals surface area contributed by atoms with Gasteiger partial charge in [0.25, 0.3) is 0 Å². The van der Waals surface area contributed by atoms with Crippen LogP contribution in [-0.4, -0.2) is 11.1 Å². The molecule has 1 aliphatic heterocycles. The Labute approximate surface area is 127 Å². The molecule has 2 unspecified atom stereocenters. The highest BCUT2D eigenvalue weighted by molar-refractivity contribution is 5.69. The van der Waals surface area contributed by atoms with E-state index in [1.165, 1.54) is 38.5 Å². The summed E-state index contributed by atoms with van der Waals surface area (Å²) in [5, 5.41) is 22.6. The first-order valence-electron chi connectivity index (χ1n) is 8.28. The number of quaternary nitrogens is 1. The number of benzene rings is 1. The summed E-state index contributed by atoms with van der Waals surface area (Å²) >= 11 is 0. The molecular weight excluding hydrogens is 262 g/mol. The predicted molar refractivity (Wildman–Crippen MR) is 87.4 cm³/mol. The monoisotopic (exact) mass is 289 g/mol. The van der Waals surface area contributed by atoms with Crippen LogP contribution in [0.25, 0.3) is 5.76 Å². The highest BCUT2D eigenvalue weighted by Gasteiger charge is 2.25. The van der Waals surface area contributed by atoms with Gasteiger partial charge in [-0.05, 0) is 12.5 Å². The minimum Gasteiger partial charge on any atom is -0.628 e. The number of hydroxylamine groups is 1. The Hall–Kier alpha value is -1.32. The van der Waals surface area contributed by atoms with Gasteiger partial charge in [-0.15, -0.1) is 0 Å². The molecule has 0 fully saturated rings. The highest BCUT2D eigenvalue weighted by Crippen LogP contribution is 2.24. The number of aliphatic hydroxyl groups is 1. The fourth-order valence-corrected chi connectivity index (χ4v) is 3.01. The van der Waals surface area contributed by atoms with Crippen LogP contribution < -0.4 is 5.06 Å². The first-order chi connectivity index (χ1) is 10.2. The van der Waals surface area contributed by atoms with Crippen LogP contribution in [0.4, 0.5) is 5.69 Å². The largest absolute Gasteiger partial charge is 0.628 e. The van der Waals surface area contributed by atoms with Crippen molar-refractivity contribution in [2.24, 2.45) is 0 Å². The SMILES string of the molecule is CCCCCCCCCC1C=C(O)c2ccccc2[NH+]1[O-]. The molecule has 2 rings (SSSR count). The predicted octanol–water partition coefficient (Wildman–Crippen LogP) is 4.12. The van der Waals surface area contributed by atoms with Gasteiger partial charge in [-0.25, -0.2) is 0 Å². The first-order valence-corrected chi connectivity index (χ1v) is 8.28. The van der Waals surface area contributed by atoms with E-state index in [1.54, 1.807) is 6.08 Å². The lowest BCUT2D eigenvalue weighted by Crippen LogP contribution is -3.07. The number of hydrogen-bond donors (Lipinski definition) is 2. The Kier molecular flexibility index (Phi) is 6.27. The van der Waals surface area contributed by atoms with E-state index in [0.29, 0.717) is 11.3 Å². The van der Waals surface area contributed by atoms with Crippen LogP contribution in [0.5, 0.6) is 0 Å². The molecular formula is C18H27NO2. The number of nitrogens with one attached hydrogen (secondary N) is 1. The van der Waals surface area contributed by atoms with Crippen molar-refractivity contribution in [2.45, 2.75) is 64.3 Å². The molecule has 116 valence electrons. The van der Waals surface area contributed by atoms with Gasteiger partial charge in [-0.3, -0.25) is 0 Å². The Morgan fingerprint density at radius 2 is 1.71 bits per heavy atom. The summed E-state index contributed by atoms with van der Waals surface area (Å²) in [5.41, 5.74) is 1.35. The average molecular weight is 289 g/mol. The van der Waals surface area contributed by atoms with Crippen LogP contribution in [0.3, 0.4) is 0 Å². The summed E-state index contributed by atoms with van der Waals surface area (Å²) in [5.74, 6) is 0.262. The van der Waals surface area contributed by atoms with Gasteiger partial charge in [0, 0.05) is 18.6 Å². The highest BCUT2D eigenvalue weighted by atomic mass is 16.5. The fraction of sp³-hybridized carbons (Fsp3) is 0.556. The quantitative estimate of drug-likeness (QED) is 0.558. The zero-order chi connectivity index (χ0) is 15.1. The number of hydrogen-bond acceptors (Lipinski definition) is 2. The normalized spacial score (nSPS) is 21.0. The van der Waals surface area contributed by atoms with Gasteiger partial charge in [0.15, 0.2) is 0 Å². The number of rotatable bonds is 8. The number of aliphatic hydroxyl groups excluding tert-OH is 1. The molecule has 3 heteroatoms. The van der Waals surface area contributed by atoms with Gasteiger partial charge in [-0.2, -0.15) is 0 Å². The van der Waals surface area contributed by atoms with Gasteiger partial charge in [0.05, 0.1) is 5.56 Å². The summed E-state index contributed by atoms with van der Waals surface area (Å²) < 4.78 is 0. The van der Waals surface area contributed by atoms with Crippen molar-refractivity contribution in [2.75, 3.05) is 0 Å². The molecule has 0 saturated carbocycles. The fourth-order valence-electron chi connectivity index (χ4n) is 3.01. The first kappa shape index (κ1) is 16.1.